The van der Waals surface area contributed by atoms with Gasteiger partial charge in [-0.3, -0.25) is 0 Å². The minimum atomic E-state index is -2.68. The smallest absolute Gasteiger partial charge is 0.412 e. The zero-order valence-corrected chi connectivity index (χ0v) is 51.0. The summed E-state index contributed by atoms with van der Waals surface area (Å²) in [6.45, 7) is 31.8. The molecule has 8 N–H and O–H groups in total. The fourth-order valence-corrected chi connectivity index (χ4v) is 16.4. The molecule has 0 aromatic rings. The molecule has 0 aromatic carbocycles. The van der Waals surface area contributed by atoms with Crippen molar-refractivity contribution in [1.82, 2.24) is 42.5 Å². The number of unbranched alkanes of at least 4 members (excludes halogenated alkanes) is 6. The van der Waals surface area contributed by atoms with E-state index in [1.54, 1.807) is 0 Å². The third-order valence-corrected chi connectivity index (χ3v) is 19.7. The van der Waals surface area contributed by atoms with E-state index in [1.165, 1.54) is 0 Å². The number of alkyl carbamates (subject to hydrolysis) is 2. The number of carbonyl (C=O) groups excluding carboxylic acids is 4. The van der Waals surface area contributed by atoms with Gasteiger partial charge in [-0.1, -0.05) is 67.2 Å². The van der Waals surface area contributed by atoms with Crippen molar-refractivity contribution in [2.45, 2.75) is 198 Å². The number of urea groups is 2. The maximum Gasteiger partial charge on any atom is 0.515 e. The highest BCUT2D eigenvalue weighted by Crippen LogP contribution is 2.49. The lowest BCUT2D eigenvalue weighted by molar-refractivity contribution is 0.0106. The Bertz CT molecular complexity index is 1460. The van der Waals surface area contributed by atoms with Crippen molar-refractivity contribution in [3.8, 4) is 0 Å². The van der Waals surface area contributed by atoms with Gasteiger partial charge in [0.2, 0.25) is 6.79 Å². The number of rotatable bonds is 40. The fraction of sp³-hybridized carbons (Fsp3) is 0.925. The summed E-state index contributed by atoms with van der Waals surface area (Å²) in [5.41, 5.74) is -0.319. The fourth-order valence-electron chi connectivity index (χ4n) is 11.7. The number of carbonyl (C=O) groups is 4. The maximum absolute atomic E-state index is 13.0. The molecule has 4 atom stereocenters. The normalized spacial score (nSPS) is 21.4. The molecule has 0 spiro atoms. The predicted octanol–water partition coefficient (Wildman–Crippen LogP) is 8.42. The number of hydrogen-bond donors (Lipinski definition) is 8. The minimum Gasteiger partial charge on any atom is -0.412 e. The van der Waals surface area contributed by atoms with E-state index in [0.717, 1.165) is 116 Å². The summed E-state index contributed by atoms with van der Waals surface area (Å²) in [4.78, 5) is 51.2. The summed E-state index contributed by atoms with van der Waals surface area (Å²) in [5, 5.41) is 25.0. The van der Waals surface area contributed by atoms with E-state index in [9.17, 15) is 19.2 Å². The predicted molar refractivity (Wildman–Crippen MR) is 299 cm³/mol. The average molecular weight is 1110 g/mol. The molecule has 0 bridgehead atoms. The Balaban J connectivity index is 1.64. The van der Waals surface area contributed by atoms with E-state index in [2.05, 4.69) is 84.1 Å². The van der Waals surface area contributed by atoms with E-state index in [0.29, 0.717) is 78.2 Å². The van der Waals surface area contributed by atoms with Gasteiger partial charge in [0.15, 0.2) is 0 Å². The van der Waals surface area contributed by atoms with Gasteiger partial charge in [0.25, 0.3) is 0 Å². The van der Waals surface area contributed by atoms with Crippen LogP contribution in [0.2, 0.25) is 0 Å². The Labute approximate surface area is 455 Å². The third-order valence-electron chi connectivity index (χ3n) is 13.9. The van der Waals surface area contributed by atoms with Crippen molar-refractivity contribution < 1.29 is 55.2 Å². The van der Waals surface area contributed by atoms with Crippen LogP contribution in [-0.2, 0) is 36.0 Å². The zero-order chi connectivity index (χ0) is 55.7. The van der Waals surface area contributed by atoms with E-state index in [1.807, 2.05) is 41.5 Å². The van der Waals surface area contributed by atoms with Gasteiger partial charge in [-0.15, -0.1) is 0 Å². The molecular formula is C53H108N8O12Si2. The first-order valence-corrected chi connectivity index (χ1v) is 32.6. The molecule has 0 heterocycles. The quantitative estimate of drug-likeness (QED) is 0.0163. The standard InChI is InChI=1S/C53H108N8O12Si2/c1-13-68-74(69-14-2,70-15-3)41-54-29-23-19-21-25-31-56-46(62)58-33-27-52(11)37-44(35-50(7,8)39-52)60-48(64)66-43-67-49(65)61-45-36-51(9,10)40-53(12,38-45)28-34-59-47(63)57-32-26-22-20-24-30-55-42-75(71-16-4,72-17-5)73-18-6/h44-45,54-55H,13-43H2,1-12H3,(H,60,64)(H,61,65)(H2,56,58,62)(H2,57,59,63). The number of nitrogens with one attached hydrogen (secondary N) is 8. The van der Waals surface area contributed by atoms with Crippen LogP contribution in [0.5, 0.6) is 0 Å². The second-order valence-electron chi connectivity index (χ2n) is 22.8. The monoisotopic (exact) mass is 1100 g/mol. The zero-order valence-electron chi connectivity index (χ0n) is 49.0. The van der Waals surface area contributed by atoms with E-state index in [-0.39, 0.29) is 45.8 Å². The van der Waals surface area contributed by atoms with Crippen LogP contribution in [0.15, 0.2) is 0 Å². The molecule has 440 valence electrons. The molecule has 2 fully saturated rings. The molecule has 0 saturated heterocycles. The molecular weight excluding hydrogens is 997 g/mol. The molecule has 6 amide bonds. The first-order chi connectivity index (χ1) is 35.6. The summed E-state index contributed by atoms with van der Waals surface area (Å²) < 4.78 is 46.1. The number of amides is 6. The second-order valence-corrected chi connectivity index (χ2v) is 28.0. The maximum atomic E-state index is 13.0. The lowest BCUT2D eigenvalue weighted by atomic mass is 9.61. The van der Waals surface area contributed by atoms with E-state index < -0.39 is 36.6 Å². The second kappa shape index (κ2) is 36.4. The number of ether oxygens (including phenoxy) is 2. The van der Waals surface area contributed by atoms with E-state index >= 15 is 0 Å². The summed E-state index contributed by atoms with van der Waals surface area (Å²) in [5.74, 6) is 0. The Morgan fingerprint density at radius 2 is 0.733 bits per heavy atom. The van der Waals surface area contributed by atoms with Gasteiger partial charge in [-0.2, -0.15) is 0 Å². The summed E-state index contributed by atoms with van der Waals surface area (Å²) in [6, 6.07) is -0.609. The van der Waals surface area contributed by atoms with E-state index in [4.69, 9.17) is 36.0 Å². The average Bonchev–Trinajstić information content (AvgIpc) is 3.29. The van der Waals surface area contributed by atoms with Crippen LogP contribution in [0.1, 0.15) is 186 Å². The van der Waals surface area contributed by atoms with Crippen molar-refractivity contribution in [2.24, 2.45) is 21.7 Å². The highest BCUT2D eigenvalue weighted by Gasteiger charge is 2.44. The van der Waals surface area contributed by atoms with Crippen molar-refractivity contribution >= 4 is 41.9 Å². The van der Waals surface area contributed by atoms with Crippen molar-refractivity contribution in [1.29, 1.82) is 0 Å². The van der Waals surface area contributed by atoms with Crippen LogP contribution >= 0.6 is 0 Å². The summed E-state index contributed by atoms with van der Waals surface area (Å²) in [6.07, 6.45) is 14.4. The Hall–Kier alpha value is -2.81. The molecule has 2 aliphatic rings. The van der Waals surface area contributed by atoms with Gasteiger partial charge >= 0.3 is 41.9 Å². The van der Waals surface area contributed by atoms with Gasteiger partial charge in [0.1, 0.15) is 0 Å². The van der Waals surface area contributed by atoms with Gasteiger partial charge in [-0.05, 0) is 153 Å². The molecule has 0 aliphatic heterocycles. The Morgan fingerprint density at radius 3 is 1.05 bits per heavy atom. The van der Waals surface area contributed by atoms with Crippen LogP contribution in [0.25, 0.3) is 0 Å². The number of hydrogen-bond acceptors (Lipinski definition) is 14. The van der Waals surface area contributed by atoms with Gasteiger partial charge in [0.05, 0.1) is 12.3 Å². The molecule has 75 heavy (non-hydrogen) atoms. The minimum absolute atomic E-state index is 0.0418. The molecule has 4 unspecified atom stereocenters. The molecule has 2 rings (SSSR count). The molecule has 0 aromatic heterocycles. The topological polar surface area (TPSA) is 238 Å². The first-order valence-electron chi connectivity index (χ1n) is 28.8. The van der Waals surface area contributed by atoms with Crippen LogP contribution in [0.4, 0.5) is 19.2 Å². The molecule has 2 saturated carbocycles. The van der Waals surface area contributed by atoms with Crippen molar-refractivity contribution in [2.75, 3.05) is 98.0 Å². The largest absolute Gasteiger partial charge is 0.515 e. The van der Waals surface area contributed by atoms with Gasteiger partial charge in [0, 0.05) is 77.9 Å². The van der Waals surface area contributed by atoms with Gasteiger partial charge in [-0.25, -0.2) is 19.2 Å². The lowest BCUT2D eigenvalue weighted by Crippen LogP contribution is -2.54. The SMILES string of the molecule is CCO[Si](CNCCCCCCNC(=O)NCCC1(C)CC(NC(=O)OCOC(=O)NC2CC(C)(C)CC(C)(CCNC(=O)NCCCCCCNC[Si](OCC)(OCC)OCC)C2)CC(C)(C)C1)(OCC)OCC. The third kappa shape index (κ3) is 29.7. The van der Waals surface area contributed by atoms with Gasteiger partial charge < -0.3 is 78.6 Å². The molecule has 22 heteroatoms. The van der Waals surface area contributed by atoms with Crippen LogP contribution in [0.3, 0.4) is 0 Å². The summed E-state index contributed by atoms with van der Waals surface area (Å²) >= 11 is 0. The van der Waals surface area contributed by atoms with Crippen molar-refractivity contribution in [3.05, 3.63) is 0 Å². The molecule has 2 aliphatic carbocycles. The van der Waals surface area contributed by atoms with Crippen molar-refractivity contribution in [3.63, 3.8) is 0 Å². The Kier molecular flexibility index (Phi) is 33.1. The molecule has 0 radical (unpaired) electrons. The highest BCUT2D eigenvalue weighted by atomic mass is 28.4. The van der Waals surface area contributed by atoms with Crippen LogP contribution in [0, 0.1) is 21.7 Å². The van der Waals surface area contributed by atoms with Crippen LogP contribution in [-0.4, -0.2) is 152 Å². The Morgan fingerprint density at radius 1 is 0.427 bits per heavy atom. The van der Waals surface area contributed by atoms with Crippen LogP contribution < -0.4 is 42.5 Å². The molecule has 20 nitrogen and oxygen atoms in total. The lowest BCUT2D eigenvalue weighted by Gasteiger charge is -2.47. The summed E-state index contributed by atoms with van der Waals surface area (Å²) in [7, 11) is -5.36. The highest BCUT2D eigenvalue weighted by molar-refractivity contribution is 6.61. The first kappa shape index (κ1) is 68.3.